The van der Waals surface area contributed by atoms with Crippen molar-refractivity contribution in [2.45, 2.75) is 25.4 Å². The van der Waals surface area contributed by atoms with Gasteiger partial charge in [0.2, 0.25) is 5.95 Å². The van der Waals surface area contributed by atoms with E-state index in [1.807, 2.05) is 24.4 Å². The summed E-state index contributed by atoms with van der Waals surface area (Å²) in [5, 5.41) is 5.27. The summed E-state index contributed by atoms with van der Waals surface area (Å²) >= 11 is 0.879. The molecule has 4 heterocycles. The van der Waals surface area contributed by atoms with Crippen molar-refractivity contribution in [3.05, 3.63) is 53.0 Å². The minimum atomic E-state index is -0.388. The number of hydrogen-bond acceptors (Lipinski definition) is 8. The molecule has 0 unspecified atom stereocenters. The topological polar surface area (TPSA) is 100 Å². The van der Waals surface area contributed by atoms with Crippen molar-refractivity contribution in [3.63, 3.8) is 0 Å². The molecule has 9 heteroatoms. The molecular weight excluding hydrogens is 376 g/mol. The summed E-state index contributed by atoms with van der Waals surface area (Å²) in [6.07, 6.45) is 7.20. The number of likely N-dealkylation sites (tertiary alicyclic amines) is 1. The van der Waals surface area contributed by atoms with E-state index in [1.54, 1.807) is 18.3 Å². The molecule has 2 aromatic rings. The fraction of sp³-hybridized carbons (Fsp3) is 0.316. The molecule has 2 aliphatic rings. The van der Waals surface area contributed by atoms with E-state index in [9.17, 15) is 9.59 Å². The highest BCUT2D eigenvalue weighted by molar-refractivity contribution is 8.18. The average molecular weight is 396 g/mol. The predicted molar refractivity (Wildman–Crippen MR) is 107 cm³/mol. The van der Waals surface area contributed by atoms with E-state index in [0.717, 1.165) is 49.9 Å². The number of carbonyl (C=O) groups excluding carboxylic acids is 2. The Morgan fingerprint density at radius 2 is 2.18 bits per heavy atom. The van der Waals surface area contributed by atoms with Crippen molar-refractivity contribution in [2.75, 3.05) is 18.4 Å². The number of rotatable bonds is 5. The molecule has 0 saturated carbocycles. The SMILES string of the molecule is O=C1NC(=O)/C(=C/c2ccnc(N[C@H]3CCCN(Cc4ccccn4)C3)n2)S1. The van der Waals surface area contributed by atoms with Crippen LogP contribution in [0.15, 0.2) is 41.6 Å². The minimum Gasteiger partial charge on any atom is -0.350 e. The maximum atomic E-state index is 11.7. The van der Waals surface area contributed by atoms with Crippen molar-refractivity contribution in [1.82, 2.24) is 25.2 Å². The van der Waals surface area contributed by atoms with Gasteiger partial charge in [-0.3, -0.25) is 24.8 Å². The molecule has 0 aliphatic carbocycles. The Kier molecular flexibility index (Phi) is 5.63. The lowest BCUT2D eigenvalue weighted by atomic mass is 10.1. The minimum absolute atomic E-state index is 0.242. The van der Waals surface area contributed by atoms with Crippen molar-refractivity contribution in [3.8, 4) is 0 Å². The van der Waals surface area contributed by atoms with Crippen LogP contribution in [-0.2, 0) is 11.3 Å². The zero-order valence-electron chi connectivity index (χ0n) is 15.2. The number of nitrogens with zero attached hydrogens (tertiary/aromatic N) is 4. The van der Waals surface area contributed by atoms with Gasteiger partial charge in [0, 0.05) is 31.5 Å². The monoisotopic (exact) mass is 396 g/mol. The van der Waals surface area contributed by atoms with Crippen LogP contribution in [0.1, 0.15) is 24.2 Å². The van der Waals surface area contributed by atoms with Crippen molar-refractivity contribution >= 4 is 34.9 Å². The lowest BCUT2D eigenvalue weighted by Crippen LogP contribution is -2.42. The molecule has 2 saturated heterocycles. The highest BCUT2D eigenvalue weighted by atomic mass is 32.2. The lowest BCUT2D eigenvalue weighted by Gasteiger charge is -2.32. The van der Waals surface area contributed by atoms with Crippen molar-refractivity contribution in [1.29, 1.82) is 0 Å². The molecule has 28 heavy (non-hydrogen) atoms. The number of carbonyl (C=O) groups is 2. The molecule has 8 nitrogen and oxygen atoms in total. The van der Waals surface area contributed by atoms with Gasteiger partial charge in [-0.2, -0.15) is 0 Å². The van der Waals surface area contributed by atoms with Crippen LogP contribution in [0, 0.1) is 0 Å². The Hall–Kier alpha value is -2.78. The van der Waals surface area contributed by atoms with Crippen molar-refractivity contribution in [2.24, 2.45) is 0 Å². The molecule has 2 aromatic heterocycles. The van der Waals surface area contributed by atoms with Gasteiger partial charge in [-0.1, -0.05) is 6.07 Å². The van der Waals surface area contributed by atoms with Gasteiger partial charge in [0.25, 0.3) is 11.1 Å². The second kappa shape index (κ2) is 8.49. The first-order valence-corrected chi connectivity index (χ1v) is 9.94. The number of pyridine rings is 1. The van der Waals surface area contributed by atoms with Crippen molar-refractivity contribution < 1.29 is 9.59 Å². The van der Waals surface area contributed by atoms with Crippen LogP contribution in [0.3, 0.4) is 0 Å². The molecule has 144 valence electrons. The highest BCUT2D eigenvalue weighted by Gasteiger charge is 2.25. The predicted octanol–water partition coefficient (Wildman–Crippen LogP) is 2.27. The van der Waals surface area contributed by atoms with E-state index in [-0.39, 0.29) is 17.2 Å². The number of nitrogens with one attached hydrogen (secondary N) is 2. The van der Waals surface area contributed by atoms with Crippen LogP contribution >= 0.6 is 11.8 Å². The van der Waals surface area contributed by atoms with Gasteiger partial charge in [-0.25, -0.2) is 9.97 Å². The lowest BCUT2D eigenvalue weighted by molar-refractivity contribution is -0.115. The molecule has 0 spiro atoms. The molecule has 0 bridgehead atoms. The van der Waals surface area contributed by atoms with Crippen LogP contribution in [0.25, 0.3) is 6.08 Å². The van der Waals surface area contributed by atoms with E-state index in [4.69, 9.17) is 0 Å². The van der Waals surface area contributed by atoms with Gasteiger partial charge in [0.05, 0.1) is 16.3 Å². The third-order valence-corrected chi connectivity index (χ3v) is 5.36. The second-order valence-corrected chi connectivity index (χ2v) is 7.71. The summed E-state index contributed by atoms with van der Waals surface area (Å²) < 4.78 is 0. The standard InChI is InChI=1S/C19H20N6O2S/c26-17-16(28-19(27)24-17)10-13-6-8-21-18(22-13)23-15-5-3-9-25(12-15)11-14-4-1-2-7-20-14/h1-2,4,6-8,10,15H,3,5,9,11-12H2,(H,21,22,23)(H,24,26,27)/b16-10-/t15-/m0/s1. The number of anilines is 1. The third-order valence-electron chi connectivity index (χ3n) is 4.55. The summed E-state index contributed by atoms with van der Waals surface area (Å²) in [4.78, 5) is 38.8. The molecule has 2 amide bonds. The van der Waals surface area contributed by atoms with Crippen LogP contribution in [0.2, 0.25) is 0 Å². The Balaban J connectivity index is 1.39. The normalized spacial score (nSPS) is 21.7. The molecule has 0 radical (unpaired) electrons. The van der Waals surface area contributed by atoms with Gasteiger partial charge in [0.1, 0.15) is 0 Å². The Morgan fingerprint density at radius 1 is 1.25 bits per heavy atom. The van der Waals surface area contributed by atoms with Crippen LogP contribution in [0.5, 0.6) is 0 Å². The molecule has 0 aromatic carbocycles. The number of aromatic nitrogens is 3. The summed E-state index contributed by atoms with van der Waals surface area (Å²) in [6.45, 7) is 2.76. The third kappa shape index (κ3) is 4.73. The number of thioether (sulfide) groups is 1. The zero-order valence-corrected chi connectivity index (χ0v) is 16.0. The zero-order chi connectivity index (χ0) is 19.3. The smallest absolute Gasteiger partial charge is 0.290 e. The van der Waals surface area contributed by atoms with E-state index in [0.29, 0.717) is 16.5 Å². The van der Waals surface area contributed by atoms with Gasteiger partial charge in [-0.05, 0) is 55.4 Å². The maximum absolute atomic E-state index is 11.7. The Bertz CT molecular complexity index is 904. The molecule has 1 atom stereocenters. The fourth-order valence-corrected chi connectivity index (χ4v) is 3.97. The first-order chi connectivity index (χ1) is 13.7. The number of piperidine rings is 1. The highest BCUT2D eigenvalue weighted by Crippen LogP contribution is 2.25. The summed E-state index contributed by atoms with van der Waals surface area (Å²) in [5.41, 5.74) is 1.65. The first-order valence-electron chi connectivity index (χ1n) is 9.12. The molecule has 2 fully saturated rings. The average Bonchev–Trinajstić information content (AvgIpc) is 3.00. The Morgan fingerprint density at radius 3 is 2.96 bits per heavy atom. The Labute approximate surface area is 166 Å². The largest absolute Gasteiger partial charge is 0.350 e. The van der Waals surface area contributed by atoms with Gasteiger partial charge in [-0.15, -0.1) is 0 Å². The summed E-state index contributed by atoms with van der Waals surface area (Å²) in [5.74, 6) is 0.134. The van der Waals surface area contributed by atoms with Crippen LogP contribution in [-0.4, -0.2) is 50.1 Å². The summed E-state index contributed by atoms with van der Waals surface area (Å²) in [7, 11) is 0. The first kappa shape index (κ1) is 18.6. The van der Waals surface area contributed by atoms with E-state index >= 15 is 0 Å². The van der Waals surface area contributed by atoms with E-state index < -0.39 is 0 Å². The van der Waals surface area contributed by atoms with Gasteiger partial charge >= 0.3 is 0 Å². The molecule has 2 N–H and O–H groups in total. The van der Waals surface area contributed by atoms with Gasteiger partial charge in [0.15, 0.2) is 0 Å². The molecule has 2 aliphatic heterocycles. The molecule has 4 rings (SSSR count). The van der Waals surface area contributed by atoms with Gasteiger partial charge < -0.3 is 5.32 Å². The van der Waals surface area contributed by atoms with Crippen LogP contribution in [0.4, 0.5) is 10.7 Å². The van der Waals surface area contributed by atoms with E-state index in [2.05, 4.69) is 30.5 Å². The quantitative estimate of drug-likeness (QED) is 0.743. The number of imide groups is 1. The fourth-order valence-electron chi connectivity index (χ4n) is 3.30. The second-order valence-electron chi connectivity index (χ2n) is 6.70. The number of hydrogen-bond donors (Lipinski definition) is 2. The van der Waals surface area contributed by atoms with Crippen LogP contribution < -0.4 is 10.6 Å². The number of amides is 2. The maximum Gasteiger partial charge on any atom is 0.290 e. The molecular formula is C19H20N6O2S. The summed E-state index contributed by atoms with van der Waals surface area (Å²) in [6, 6.07) is 7.92. The van der Waals surface area contributed by atoms with E-state index in [1.165, 1.54) is 0 Å².